The van der Waals surface area contributed by atoms with Gasteiger partial charge in [0.2, 0.25) is 12.0 Å². The molecule has 122 valence electrons. The zero-order chi connectivity index (χ0) is 16.4. The second kappa shape index (κ2) is 6.58. The summed E-state index contributed by atoms with van der Waals surface area (Å²) >= 11 is 6.15. The molecule has 0 bridgehead atoms. The molecule has 2 heterocycles. The number of piperidine rings is 1. The summed E-state index contributed by atoms with van der Waals surface area (Å²) in [5.41, 5.74) is 6.78. The van der Waals surface area contributed by atoms with Crippen molar-refractivity contribution in [3.05, 3.63) is 34.9 Å². The third-order valence-corrected chi connectivity index (χ3v) is 4.67. The molecule has 23 heavy (non-hydrogen) atoms. The minimum absolute atomic E-state index is 0.0984. The number of likely N-dealkylation sites (tertiary alicyclic amines) is 1. The van der Waals surface area contributed by atoms with Crippen molar-refractivity contribution in [3.63, 3.8) is 0 Å². The Bertz CT molecular complexity index is 654. The molecule has 1 fully saturated rings. The Morgan fingerprint density at radius 3 is 2.61 bits per heavy atom. The fourth-order valence-corrected chi connectivity index (χ4v) is 3.20. The molecule has 0 saturated carbocycles. The first-order chi connectivity index (χ1) is 11.1. The number of carbonyl (C=O) groups is 2. The Hall–Kier alpha value is -2.08. The van der Waals surface area contributed by atoms with Crippen LogP contribution < -0.4 is 5.73 Å². The maximum atomic E-state index is 12.5. The summed E-state index contributed by atoms with van der Waals surface area (Å²) in [6.07, 6.45) is 0.988. The van der Waals surface area contributed by atoms with Crippen molar-refractivity contribution in [2.75, 3.05) is 13.1 Å². The fourth-order valence-electron chi connectivity index (χ4n) is 2.95. The van der Waals surface area contributed by atoms with Gasteiger partial charge in [-0.15, -0.1) is 0 Å². The molecule has 1 aromatic rings. The monoisotopic (exact) mass is 335 g/mol. The summed E-state index contributed by atoms with van der Waals surface area (Å²) < 4.78 is 0. The van der Waals surface area contributed by atoms with Crippen LogP contribution in [0.4, 0.5) is 0 Å². The van der Waals surface area contributed by atoms with Crippen molar-refractivity contribution in [3.8, 4) is 0 Å². The van der Waals surface area contributed by atoms with Crippen molar-refractivity contribution in [1.29, 1.82) is 0 Å². The zero-order valence-electron chi connectivity index (χ0n) is 12.6. The molecule has 0 aromatic heterocycles. The van der Waals surface area contributed by atoms with Crippen LogP contribution in [0.2, 0.25) is 5.02 Å². The van der Waals surface area contributed by atoms with E-state index < -0.39 is 6.10 Å². The van der Waals surface area contributed by atoms with E-state index >= 15 is 0 Å². The first kappa shape index (κ1) is 15.8. The number of hydrogen-bond donors (Lipinski definition) is 1. The van der Waals surface area contributed by atoms with Crippen LogP contribution in [0.5, 0.6) is 0 Å². The number of hydrogen-bond acceptors (Lipinski definition) is 4. The highest BCUT2D eigenvalue weighted by Crippen LogP contribution is 2.25. The number of nitrogens with zero attached hydrogens (tertiary/aromatic N) is 2. The highest BCUT2D eigenvalue weighted by molar-refractivity contribution is 6.34. The van der Waals surface area contributed by atoms with Gasteiger partial charge < -0.3 is 15.5 Å². The van der Waals surface area contributed by atoms with Crippen LogP contribution in [-0.2, 0) is 14.4 Å². The number of oxime groups is 1. The van der Waals surface area contributed by atoms with Gasteiger partial charge in [-0.2, -0.15) is 0 Å². The van der Waals surface area contributed by atoms with E-state index in [0.29, 0.717) is 43.1 Å². The second-order valence-corrected chi connectivity index (χ2v) is 6.23. The summed E-state index contributed by atoms with van der Waals surface area (Å²) in [6, 6.07) is 7.35. The lowest BCUT2D eigenvalue weighted by molar-refractivity contribution is -0.144. The van der Waals surface area contributed by atoms with Gasteiger partial charge in [0.15, 0.2) is 0 Å². The minimum Gasteiger partial charge on any atom is -0.382 e. The number of nitrogens with two attached hydrogens (primary N) is 1. The molecule has 0 aliphatic carbocycles. The first-order valence-corrected chi connectivity index (χ1v) is 7.99. The molecule has 6 nitrogen and oxygen atoms in total. The molecule has 0 unspecified atom stereocenters. The third kappa shape index (κ3) is 3.32. The highest BCUT2D eigenvalue weighted by atomic mass is 35.5. The zero-order valence-corrected chi connectivity index (χ0v) is 13.3. The molecule has 2 N–H and O–H groups in total. The van der Waals surface area contributed by atoms with Gasteiger partial charge in [0.25, 0.3) is 5.91 Å². The summed E-state index contributed by atoms with van der Waals surface area (Å²) in [6.45, 7) is 1.04. The minimum atomic E-state index is -0.619. The van der Waals surface area contributed by atoms with Gasteiger partial charge in [0.05, 0.1) is 5.71 Å². The smallest absolute Gasteiger partial charge is 0.266 e. The maximum Gasteiger partial charge on any atom is 0.266 e. The van der Waals surface area contributed by atoms with Crippen LogP contribution in [0.3, 0.4) is 0 Å². The van der Waals surface area contributed by atoms with Gasteiger partial charge in [-0.1, -0.05) is 35.0 Å². The molecule has 0 radical (unpaired) electrons. The van der Waals surface area contributed by atoms with Crippen LogP contribution >= 0.6 is 11.6 Å². The van der Waals surface area contributed by atoms with Gasteiger partial charge in [-0.05, 0) is 18.9 Å². The topological polar surface area (TPSA) is 85.0 Å². The number of benzene rings is 1. The third-order valence-electron chi connectivity index (χ3n) is 4.34. The maximum absolute atomic E-state index is 12.5. The van der Waals surface area contributed by atoms with Crippen LogP contribution in [0.15, 0.2) is 29.4 Å². The molecule has 1 saturated heterocycles. The Balaban J connectivity index is 1.59. The number of rotatable bonds is 3. The largest absolute Gasteiger partial charge is 0.382 e. The van der Waals surface area contributed by atoms with Crippen molar-refractivity contribution < 1.29 is 14.4 Å². The van der Waals surface area contributed by atoms with Gasteiger partial charge in [0, 0.05) is 36.0 Å². The van der Waals surface area contributed by atoms with Gasteiger partial charge in [0.1, 0.15) is 0 Å². The Morgan fingerprint density at radius 1 is 1.26 bits per heavy atom. The molecule has 2 amide bonds. The van der Waals surface area contributed by atoms with Crippen LogP contribution in [0.25, 0.3) is 0 Å². The summed E-state index contributed by atoms with van der Waals surface area (Å²) in [7, 11) is 0. The summed E-state index contributed by atoms with van der Waals surface area (Å²) in [5, 5.41) is 4.61. The SMILES string of the molecule is NC(=O)C1CCN(C(=O)[C@H]2CC(c3ccccc3Cl)=NO2)CC1. The van der Waals surface area contributed by atoms with E-state index in [9.17, 15) is 9.59 Å². The normalized spacial score (nSPS) is 21.7. The van der Waals surface area contributed by atoms with Gasteiger partial charge in [-0.3, -0.25) is 9.59 Å². The number of amides is 2. The molecular formula is C16H18ClN3O3. The van der Waals surface area contributed by atoms with Crippen LogP contribution in [-0.4, -0.2) is 41.6 Å². The predicted octanol–water partition coefficient (Wildman–Crippen LogP) is 1.56. The van der Waals surface area contributed by atoms with E-state index in [-0.39, 0.29) is 17.7 Å². The number of primary amides is 1. The molecule has 2 aliphatic heterocycles. The molecule has 7 heteroatoms. The van der Waals surface area contributed by atoms with Crippen molar-refractivity contribution in [2.24, 2.45) is 16.8 Å². The Morgan fingerprint density at radius 2 is 1.96 bits per heavy atom. The lowest BCUT2D eigenvalue weighted by Crippen LogP contribution is -2.45. The average Bonchev–Trinajstić information content (AvgIpc) is 3.04. The average molecular weight is 336 g/mol. The van der Waals surface area contributed by atoms with Crippen molar-refractivity contribution in [1.82, 2.24) is 4.90 Å². The number of carbonyl (C=O) groups excluding carboxylic acids is 2. The fraction of sp³-hybridized carbons (Fsp3) is 0.438. The Labute approximate surface area is 139 Å². The van der Waals surface area contributed by atoms with Crippen molar-refractivity contribution >= 4 is 29.1 Å². The van der Waals surface area contributed by atoms with Crippen molar-refractivity contribution in [2.45, 2.75) is 25.4 Å². The molecular weight excluding hydrogens is 318 g/mol. The Kier molecular flexibility index (Phi) is 4.52. The van der Waals surface area contributed by atoms with Gasteiger partial charge >= 0.3 is 0 Å². The van der Waals surface area contributed by atoms with Crippen LogP contribution in [0.1, 0.15) is 24.8 Å². The molecule has 0 spiro atoms. The standard InChI is InChI=1S/C16H18ClN3O3/c17-12-4-2-1-3-11(12)13-9-14(23-19-13)16(22)20-7-5-10(6-8-20)15(18)21/h1-4,10,14H,5-9H2,(H2,18,21)/t14-/m1/s1. The molecule has 1 atom stereocenters. The van der Waals surface area contributed by atoms with E-state index in [1.807, 2.05) is 18.2 Å². The quantitative estimate of drug-likeness (QED) is 0.909. The lowest BCUT2D eigenvalue weighted by Gasteiger charge is -2.31. The summed E-state index contributed by atoms with van der Waals surface area (Å²) in [5.74, 6) is -0.532. The highest BCUT2D eigenvalue weighted by Gasteiger charge is 2.35. The second-order valence-electron chi connectivity index (χ2n) is 5.82. The van der Waals surface area contributed by atoms with E-state index in [2.05, 4.69) is 5.16 Å². The molecule has 3 rings (SSSR count). The van der Waals surface area contributed by atoms with Gasteiger partial charge in [-0.25, -0.2) is 0 Å². The van der Waals surface area contributed by atoms with E-state index in [1.165, 1.54) is 0 Å². The summed E-state index contributed by atoms with van der Waals surface area (Å²) in [4.78, 5) is 30.7. The predicted molar refractivity (Wildman–Crippen MR) is 86.0 cm³/mol. The first-order valence-electron chi connectivity index (χ1n) is 7.62. The molecule has 2 aliphatic rings. The molecule has 1 aromatic carbocycles. The van der Waals surface area contributed by atoms with E-state index in [4.69, 9.17) is 22.2 Å². The van der Waals surface area contributed by atoms with E-state index in [0.717, 1.165) is 5.56 Å². The van der Waals surface area contributed by atoms with E-state index in [1.54, 1.807) is 11.0 Å². The lowest BCUT2D eigenvalue weighted by atomic mass is 9.95. The number of halogens is 1. The van der Waals surface area contributed by atoms with Crippen LogP contribution in [0, 0.1) is 5.92 Å².